The minimum atomic E-state index is -0.319. The lowest BCUT2D eigenvalue weighted by molar-refractivity contribution is 0.194. The van der Waals surface area contributed by atoms with Gasteiger partial charge < -0.3 is 4.74 Å². The predicted octanol–water partition coefficient (Wildman–Crippen LogP) is 1.77. The van der Waals surface area contributed by atoms with Crippen molar-refractivity contribution in [3.63, 3.8) is 0 Å². The highest BCUT2D eigenvalue weighted by molar-refractivity contribution is 6.21. The fourth-order valence-electron chi connectivity index (χ4n) is 0.201. The molecule has 0 radical (unpaired) electrons. The molecular weight excluding hydrogens is 112 g/mol. The molecule has 0 saturated heterocycles. The largest absolute Gasteiger partial charge is 0.362 e. The molecule has 1 atom stereocenters. The molecule has 0 rings (SSSR count). The van der Waals surface area contributed by atoms with Gasteiger partial charge in [0.2, 0.25) is 0 Å². The van der Waals surface area contributed by atoms with Crippen molar-refractivity contribution >= 4 is 11.6 Å². The average Bonchev–Trinajstić information content (AvgIpc) is 1.65. The summed E-state index contributed by atoms with van der Waals surface area (Å²) in [5.74, 6) is 0. The molecule has 0 aliphatic heterocycles. The third-order valence-electron chi connectivity index (χ3n) is 0.594. The van der Waals surface area contributed by atoms with Crippen molar-refractivity contribution in [2.45, 2.75) is 12.5 Å². The van der Waals surface area contributed by atoms with Crippen LogP contribution in [0.2, 0.25) is 0 Å². The highest BCUT2D eigenvalue weighted by atomic mass is 35.5. The van der Waals surface area contributed by atoms with Crippen LogP contribution in [0.1, 0.15) is 6.92 Å². The van der Waals surface area contributed by atoms with Crippen LogP contribution in [0.25, 0.3) is 0 Å². The standard InChI is InChI=1S/C5H9ClO/c1-4(2)5(6)7-3/h5H,1H2,2-3H3. The maximum Gasteiger partial charge on any atom is 0.151 e. The summed E-state index contributed by atoms with van der Waals surface area (Å²) in [5.41, 5.74) is 0.518. The molecule has 2 heteroatoms. The Hall–Kier alpha value is -0.0100. The van der Waals surface area contributed by atoms with E-state index in [-0.39, 0.29) is 5.56 Å². The third-order valence-corrected chi connectivity index (χ3v) is 1.15. The van der Waals surface area contributed by atoms with E-state index >= 15 is 0 Å². The molecule has 0 amide bonds. The molecule has 7 heavy (non-hydrogen) atoms. The van der Waals surface area contributed by atoms with Gasteiger partial charge in [-0.1, -0.05) is 18.2 Å². The molecule has 1 nitrogen and oxygen atoms in total. The molecule has 0 bridgehead atoms. The molecule has 0 aromatic carbocycles. The van der Waals surface area contributed by atoms with Gasteiger partial charge in [-0.05, 0) is 12.5 Å². The average molecular weight is 121 g/mol. The Labute approximate surface area is 48.9 Å². The summed E-state index contributed by atoms with van der Waals surface area (Å²) in [6.45, 7) is 5.39. The number of ether oxygens (including phenoxy) is 1. The maximum atomic E-state index is 5.48. The van der Waals surface area contributed by atoms with Gasteiger partial charge in [-0.25, -0.2) is 0 Å². The van der Waals surface area contributed by atoms with E-state index in [9.17, 15) is 0 Å². The first kappa shape index (κ1) is 6.99. The molecule has 0 saturated carbocycles. The molecule has 0 fully saturated rings. The van der Waals surface area contributed by atoms with Gasteiger partial charge in [-0.3, -0.25) is 0 Å². The number of halogens is 1. The molecule has 42 valence electrons. The van der Waals surface area contributed by atoms with E-state index in [0.29, 0.717) is 0 Å². The molecule has 0 aromatic rings. The summed E-state index contributed by atoms with van der Waals surface area (Å²) in [5, 5.41) is 0. The molecule has 1 unspecified atom stereocenters. The smallest absolute Gasteiger partial charge is 0.151 e. The quantitative estimate of drug-likeness (QED) is 0.399. The fraction of sp³-hybridized carbons (Fsp3) is 0.600. The van der Waals surface area contributed by atoms with Gasteiger partial charge in [0, 0.05) is 7.11 Å². The Morgan fingerprint density at radius 1 is 1.86 bits per heavy atom. The zero-order chi connectivity index (χ0) is 5.86. The van der Waals surface area contributed by atoms with E-state index in [1.807, 2.05) is 6.92 Å². The summed E-state index contributed by atoms with van der Waals surface area (Å²) in [4.78, 5) is 0. The molecule has 0 heterocycles. The van der Waals surface area contributed by atoms with Crippen molar-refractivity contribution in [3.8, 4) is 0 Å². The van der Waals surface area contributed by atoms with Crippen molar-refractivity contribution in [3.05, 3.63) is 12.2 Å². The summed E-state index contributed by atoms with van der Waals surface area (Å²) >= 11 is 5.48. The number of hydrogen-bond acceptors (Lipinski definition) is 1. The molecule has 0 N–H and O–H groups in total. The van der Waals surface area contributed by atoms with Crippen molar-refractivity contribution in [2.24, 2.45) is 0 Å². The van der Waals surface area contributed by atoms with Crippen molar-refractivity contribution in [1.29, 1.82) is 0 Å². The number of rotatable bonds is 2. The van der Waals surface area contributed by atoms with Crippen LogP contribution < -0.4 is 0 Å². The summed E-state index contributed by atoms with van der Waals surface area (Å²) in [7, 11) is 1.55. The van der Waals surface area contributed by atoms with Crippen LogP contribution in [-0.4, -0.2) is 12.7 Å². The SMILES string of the molecule is C=C(C)C(Cl)OC. The van der Waals surface area contributed by atoms with E-state index in [1.54, 1.807) is 7.11 Å². The van der Waals surface area contributed by atoms with Crippen LogP contribution in [0, 0.1) is 0 Å². The van der Waals surface area contributed by atoms with Gasteiger partial charge in [-0.15, -0.1) is 0 Å². The summed E-state index contributed by atoms with van der Waals surface area (Å²) in [6.07, 6.45) is 0. The van der Waals surface area contributed by atoms with Gasteiger partial charge in [0.1, 0.15) is 0 Å². The van der Waals surface area contributed by atoms with Crippen LogP contribution in [-0.2, 0) is 4.74 Å². The molecule has 0 spiro atoms. The van der Waals surface area contributed by atoms with E-state index in [4.69, 9.17) is 11.6 Å². The first-order valence-corrected chi connectivity index (χ1v) is 2.44. The summed E-state index contributed by atoms with van der Waals surface area (Å²) < 4.78 is 4.68. The Morgan fingerprint density at radius 2 is 2.29 bits per heavy atom. The first-order chi connectivity index (χ1) is 3.18. The second kappa shape index (κ2) is 3.05. The van der Waals surface area contributed by atoms with E-state index < -0.39 is 0 Å². The van der Waals surface area contributed by atoms with Crippen LogP contribution in [0.3, 0.4) is 0 Å². The minimum absolute atomic E-state index is 0.319. The van der Waals surface area contributed by atoms with Crippen LogP contribution in [0.15, 0.2) is 12.2 Å². The minimum Gasteiger partial charge on any atom is -0.362 e. The molecule has 0 aliphatic rings. The fourth-order valence-corrected chi connectivity index (χ4v) is 0.201. The Bertz CT molecular complexity index is 70.5. The zero-order valence-corrected chi connectivity index (χ0v) is 5.33. The lowest BCUT2D eigenvalue weighted by atomic mass is 10.4. The normalized spacial score (nSPS) is 13.6. The highest BCUT2D eigenvalue weighted by Crippen LogP contribution is 2.05. The monoisotopic (exact) mass is 120 g/mol. The third kappa shape index (κ3) is 2.66. The van der Waals surface area contributed by atoms with Gasteiger partial charge >= 0.3 is 0 Å². The highest BCUT2D eigenvalue weighted by Gasteiger charge is 1.98. The topological polar surface area (TPSA) is 9.23 Å². The van der Waals surface area contributed by atoms with Crippen molar-refractivity contribution in [1.82, 2.24) is 0 Å². The zero-order valence-electron chi connectivity index (χ0n) is 4.57. The lowest BCUT2D eigenvalue weighted by Gasteiger charge is -2.03. The first-order valence-electron chi connectivity index (χ1n) is 2.00. The van der Waals surface area contributed by atoms with E-state index in [2.05, 4.69) is 11.3 Å². The maximum absolute atomic E-state index is 5.48. The van der Waals surface area contributed by atoms with E-state index in [1.165, 1.54) is 0 Å². The molecule has 0 aromatic heterocycles. The summed E-state index contributed by atoms with van der Waals surface area (Å²) in [6, 6.07) is 0. The number of methoxy groups -OCH3 is 1. The van der Waals surface area contributed by atoms with Gasteiger partial charge in [0.15, 0.2) is 5.56 Å². The van der Waals surface area contributed by atoms with Crippen LogP contribution in [0.5, 0.6) is 0 Å². The molecular formula is C5H9ClO. The van der Waals surface area contributed by atoms with Crippen LogP contribution >= 0.6 is 11.6 Å². The Morgan fingerprint density at radius 3 is 2.29 bits per heavy atom. The van der Waals surface area contributed by atoms with Gasteiger partial charge in [-0.2, -0.15) is 0 Å². The second-order valence-corrected chi connectivity index (χ2v) is 1.79. The second-order valence-electron chi connectivity index (χ2n) is 1.40. The number of alkyl halides is 1. The van der Waals surface area contributed by atoms with Crippen LogP contribution in [0.4, 0.5) is 0 Å². The lowest BCUT2D eigenvalue weighted by Crippen LogP contribution is -2.00. The van der Waals surface area contributed by atoms with Crippen molar-refractivity contribution < 1.29 is 4.74 Å². The molecule has 0 aliphatic carbocycles. The van der Waals surface area contributed by atoms with Crippen molar-refractivity contribution in [2.75, 3.05) is 7.11 Å². The van der Waals surface area contributed by atoms with Gasteiger partial charge in [0.25, 0.3) is 0 Å². The Balaban J connectivity index is 3.34. The van der Waals surface area contributed by atoms with Gasteiger partial charge in [0.05, 0.1) is 0 Å². The number of hydrogen-bond donors (Lipinski definition) is 0. The van der Waals surface area contributed by atoms with E-state index in [0.717, 1.165) is 5.57 Å². The Kier molecular flexibility index (Phi) is 3.05. The predicted molar refractivity (Wildman–Crippen MR) is 31.5 cm³/mol.